The minimum Gasteiger partial charge on any atom is -0.314 e. The molecule has 0 radical (unpaired) electrons. The van der Waals surface area contributed by atoms with E-state index in [2.05, 4.69) is 56.1 Å². The summed E-state index contributed by atoms with van der Waals surface area (Å²) in [5.41, 5.74) is 4.49. The molecular weight excluding hydrogens is 208 g/mol. The molecule has 2 rings (SSSR count). The van der Waals surface area contributed by atoms with Crippen LogP contribution in [0.2, 0.25) is 0 Å². The van der Waals surface area contributed by atoms with Gasteiger partial charge in [-0.25, -0.2) is 0 Å². The van der Waals surface area contributed by atoms with Crippen molar-refractivity contribution in [2.24, 2.45) is 0 Å². The number of benzene rings is 1. The van der Waals surface area contributed by atoms with Gasteiger partial charge in [0.15, 0.2) is 0 Å². The van der Waals surface area contributed by atoms with E-state index in [0.29, 0.717) is 0 Å². The van der Waals surface area contributed by atoms with Crippen LogP contribution in [0.4, 0.5) is 0 Å². The van der Waals surface area contributed by atoms with Crippen LogP contribution in [0.5, 0.6) is 0 Å². The summed E-state index contributed by atoms with van der Waals surface area (Å²) in [6.45, 7) is 13.4. The van der Waals surface area contributed by atoms with E-state index in [9.17, 15) is 0 Å². The lowest BCUT2D eigenvalue weighted by molar-refractivity contribution is 0.0826. The van der Waals surface area contributed by atoms with Gasteiger partial charge >= 0.3 is 0 Å². The maximum Gasteiger partial charge on any atom is 0.0281 e. The van der Waals surface area contributed by atoms with Gasteiger partial charge in [-0.1, -0.05) is 23.8 Å². The Bertz CT molecular complexity index is 396. The molecule has 1 aromatic carbocycles. The van der Waals surface area contributed by atoms with Crippen LogP contribution in [0, 0.1) is 13.8 Å². The molecule has 0 aromatic heterocycles. The lowest BCUT2D eigenvalue weighted by Gasteiger charge is -2.43. The summed E-state index contributed by atoms with van der Waals surface area (Å²) in [4.78, 5) is 2.58. The van der Waals surface area contributed by atoms with Gasteiger partial charge in [0.2, 0.25) is 0 Å². The lowest BCUT2D eigenvalue weighted by atomic mass is 9.97. The molecule has 1 saturated heterocycles. The standard InChI is InChI=1S/C15H24N2/c1-12-5-6-14(13(2)9-12)10-17-8-7-16-11-15(17,3)4/h5-6,9,16H,7-8,10-11H2,1-4H3. The van der Waals surface area contributed by atoms with Crippen molar-refractivity contribution in [2.75, 3.05) is 19.6 Å². The van der Waals surface area contributed by atoms with Gasteiger partial charge in [-0.05, 0) is 38.8 Å². The molecule has 0 atom stereocenters. The van der Waals surface area contributed by atoms with E-state index >= 15 is 0 Å². The zero-order valence-electron chi connectivity index (χ0n) is 11.5. The first-order chi connectivity index (χ1) is 7.99. The van der Waals surface area contributed by atoms with Gasteiger partial charge in [0, 0.05) is 31.7 Å². The SMILES string of the molecule is Cc1ccc(CN2CCNCC2(C)C)c(C)c1. The van der Waals surface area contributed by atoms with Crippen LogP contribution in [0.25, 0.3) is 0 Å². The van der Waals surface area contributed by atoms with Crippen molar-refractivity contribution < 1.29 is 0 Å². The maximum atomic E-state index is 3.47. The fraction of sp³-hybridized carbons (Fsp3) is 0.600. The molecule has 1 N–H and O–H groups in total. The van der Waals surface area contributed by atoms with Gasteiger partial charge in [-0.2, -0.15) is 0 Å². The third-order valence-corrected chi connectivity index (χ3v) is 3.83. The second-order valence-electron chi connectivity index (χ2n) is 5.84. The smallest absolute Gasteiger partial charge is 0.0281 e. The second kappa shape index (κ2) is 4.79. The van der Waals surface area contributed by atoms with Crippen LogP contribution >= 0.6 is 0 Å². The highest BCUT2D eigenvalue weighted by Crippen LogP contribution is 2.21. The zero-order valence-corrected chi connectivity index (χ0v) is 11.5. The van der Waals surface area contributed by atoms with Crippen LogP contribution in [-0.4, -0.2) is 30.1 Å². The Morgan fingerprint density at radius 3 is 2.71 bits per heavy atom. The molecule has 2 nitrogen and oxygen atoms in total. The molecule has 1 aliphatic heterocycles. The molecule has 1 aromatic rings. The predicted molar refractivity (Wildman–Crippen MR) is 73.3 cm³/mol. The van der Waals surface area contributed by atoms with Gasteiger partial charge in [-0.3, -0.25) is 4.90 Å². The number of rotatable bonds is 2. The summed E-state index contributed by atoms with van der Waals surface area (Å²) in [7, 11) is 0. The topological polar surface area (TPSA) is 15.3 Å². The van der Waals surface area contributed by atoms with Gasteiger partial charge < -0.3 is 5.32 Å². The van der Waals surface area contributed by atoms with E-state index in [4.69, 9.17) is 0 Å². The second-order valence-corrected chi connectivity index (χ2v) is 5.84. The number of aryl methyl sites for hydroxylation is 2. The molecule has 0 saturated carbocycles. The zero-order chi connectivity index (χ0) is 12.5. The fourth-order valence-electron chi connectivity index (χ4n) is 2.54. The molecular formula is C15H24N2. The molecule has 0 aliphatic carbocycles. The Hall–Kier alpha value is -0.860. The number of hydrogen-bond acceptors (Lipinski definition) is 2. The Labute approximate surface area is 105 Å². The largest absolute Gasteiger partial charge is 0.314 e. The lowest BCUT2D eigenvalue weighted by Crippen LogP contribution is -2.57. The normalized spacial score (nSPS) is 20.5. The van der Waals surface area contributed by atoms with Crippen LogP contribution in [0.3, 0.4) is 0 Å². The average Bonchev–Trinajstić information content (AvgIpc) is 2.24. The average molecular weight is 232 g/mol. The Morgan fingerprint density at radius 2 is 2.06 bits per heavy atom. The molecule has 1 heterocycles. The minimum absolute atomic E-state index is 0.260. The highest BCUT2D eigenvalue weighted by molar-refractivity contribution is 5.30. The number of nitrogens with zero attached hydrogens (tertiary/aromatic N) is 1. The first-order valence-electron chi connectivity index (χ1n) is 6.51. The number of piperazine rings is 1. The van der Waals surface area contributed by atoms with Crippen molar-refractivity contribution in [1.82, 2.24) is 10.2 Å². The molecule has 0 unspecified atom stereocenters. The van der Waals surface area contributed by atoms with Crippen molar-refractivity contribution in [3.05, 3.63) is 34.9 Å². The monoisotopic (exact) mass is 232 g/mol. The van der Waals surface area contributed by atoms with Crippen LogP contribution in [0.15, 0.2) is 18.2 Å². The first kappa shape index (κ1) is 12.6. The maximum absolute atomic E-state index is 3.47. The number of nitrogens with one attached hydrogen (secondary N) is 1. The van der Waals surface area contributed by atoms with E-state index < -0.39 is 0 Å². The molecule has 2 heteroatoms. The Morgan fingerprint density at radius 1 is 1.29 bits per heavy atom. The van der Waals surface area contributed by atoms with Crippen molar-refractivity contribution in [3.63, 3.8) is 0 Å². The molecule has 17 heavy (non-hydrogen) atoms. The third-order valence-electron chi connectivity index (χ3n) is 3.83. The number of hydrogen-bond donors (Lipinski definition) is 1. The van der Waals surface area contributed by atoms with Crippen LogP contribution in [-0.2, 0) is 6.54 Å². The predicted octanol–water partition coefficient (Wildman–Crippen LogP) is 2.49. The molecule has 0 amide bonds. The summed E-state index contributed by atoms with van der Waals surface area (Å²) in [6, 6.07) is 6.78. The summed E-state index contributed by atoms with van der Waals surface area (Å²) in [5.74, 6) is 0. The van der Waals surface area contributed by atoms with Gasteiger partial charge in [-0.15, -0.1) is 0 Å². The molecule has 1 fully saturated rings. The van der Waals surface area contributed by atoms with E-state index in [1.807, 2.05) is 0 Å². The van der Waals surface area contributed by atoms with Crippen molar-refractivity contribution >= 4 is 0 Å². The highest BCUT2D eigenvalue weighted by Gasteiger charge is 2.29. The molecule has 94 valence electrons. The van der Waals surface area contributed by atoms with Crippen molar-refractivity contribution in [1.29, 1.82) is 0 Å². The van der Waals surface area contributed by atoms with Gasteiger partial charge in [0.05, 0.1) is 0 Å². The van der Waals surface area contributed by atoms with E-state index in [0.717, 1.165) is 26.2 Å². The van der Waals surface area contributed by atoms with E-state index in [1.165, 1.54) is 16.7 Å². The highest BCUT2D eigenvalue weighted by atomic mass is 15.2. The quantitative estimate of drug-likeness (QED) is 0.843. The third kappa shape index (κ3) is 2.88. The molecule has 0 bridgehead atoms. The summed E-state index contributed by atoms with van der Waals surface area (Å²) in [6.07, 6.45) is 0. The van der Waals surface area contributed by atoms with Crippen LogP contribution in [0.1, 0.15) is 30.5 Å². The van der Waals surface area contributed by atoms with Crippen molar-refractivity contribution in [2.45, 2.75) is 39.8 Å². The van der Waals surface area contributed by atoms with E-state index in [1.54, 1.807) is 0 Å². The Balaban J connectivity index is 2.14. The molecule has 1 aliphatic rings. The fourth-order valence-corrected chi connectivity index (χ4v) is 2.54. The summed E-state index contributed by atoms with van der Waals surface area (Å²) >= 11 is 0. The van der Waals surface area contributed by atoms with E-state index in [-0.39, 0.29) is 5.54 Å². The summed E-state index contributed by atoms with van der Waals surface area (Å²) in [5, 5.41) is 3.47. The first-order valence-corrected chi connectivity index (χ1v) is 6.51. The van der Waals surface area contributed by atoms with Gasteiger partial charge in [0.1, 0.15) is 0 Å². The van der Waals surface area contributed by atoms with Crippen molar-refractivity contribution in [3.8, 4) is 0 Å². The minimum atomic E-state index is 0.260. The summed E-state index contributed by atoms with van der Waals surface area (Å²) < 4.78 is 0. The van der Waals surface area contributed by atoms with Crippen LogP contribution < -0.4 is 5.32 Å². The van der Waals surface area contributed by atoms with Gasteiger partial charge in [0.25, 0.3) is 0 Å². The molecule has 0 spiro atoms. The Kier molecular flexibility index (Phi) is 3.55.